The van der Waals surface area contributed by atoms with Crippen molar-refractivity contribution in [3.05, 3.63) is 47.9 Å². The number of amides is 1. The second-order valence-electron chi connectivity index (χ2n) is 8.09. The summed E-state index contributed by atoms with van der Waals surface area (Å²) in [6, 6.07) is 6.69. The summed E-state index contributed by atoms with van der Waals surface area (Å²) in [4.78, 5) is 34.5. The number of nitrogens with zero attached hydrogens (tertiary/aromatic N) is 3. The standard InChI is InChI=1S/C21H25N3O3/c1-21(2,3)20(27)24-11-8-14(13-24)12-17-18(23-10-9-22-17)15-4-6-16(7-5-15)19(25)26/h4-7,9-10,14H,8,11-13H2,1-3H3,(H,25,26). The first-order valence-electron chi connectivity index (χ1n) is 9.18. The number of carboxylic acid groups (broad SMARTS) is 1. The van der Waals surface area contributed by atoms with Crippen molar-refractivity contribution in [2.24, 2.45) is 11.3 Å². The van der Waals surface area contributed by atoms with Crippen LogP contribution in [0.25, 0.3) is 11.3 Å². The Morgan fingerprint density at radius 3 is 2.44 bits per heavy atom. The van der Waals surface area contributed by atoms with Crippen molar-refractivity contribution in [1.29, 1.82) is 0 Å². The van der Waals surface area contributed by atoms with Crippen LogP contribution in [0.15, 0.2) is 36.7 Å². The first kappa shape index (κ1) is 19.0. The van der Waals surface area contributed by atoms with E-state index in [9.17, 15) is 9.59 Å². The molecular weight excluding hydrogens is 342 g/mol. The van der Waals surface area contributed by atoms with E-state index in [4.69, 9.17) is 5.11 Å². The SMILES string of the molecule is CC(C)(C)C(=O)N1CCC(Cc2nccnc2-c2ccc(C(=O)O)cc2)C1. The number of hydrogen-bond donors (Lipinski definition) is 1. The molecule has 0 spiro atoms. The summed E-state index contributed by atoms with van der Waals surface area (Å²) in [6.07, 6.45) is 5.03. The Morgan fingerprint density at radius 1 is 1.15 bits per heavy atom. The smallest absolute Gasteiger partial charge is 0.335 e. The number of benzene rings is 1. The number of carbonyl (C=O) groups is 2. The molecule has 6 nitrogen and oxygen atoms in total. The van der Waals surface area contributed by atoms with Crippen LogP contribution in [0.3, 0.4) is 0 Å². The Morgan fingerprint density at radius 2 is 1.81 bits per heavy atom. The zero-order chi connectivity index (χ0) is 19.6. The lowest BCUT2D eigenvalue weighted by atomic mass is 9.94. The number of aromatic carboxylic acids is 1. The highest BCUT2D eigenvalue weighted by Gasteiger charge is 2.33. The van der Waals surface area contributed by atoms with Gasteiger partial charge in [-0.15, -0.1) is 0 Å². The van der Waals surface area contributed by atoms with Crippen molar-refractivity contribution in [1.82, 2.24) is 14.9 Å². The van der Waals surface area contributed by atoms with Crippen LogP contribution in [0.4, 0.5) is 0 Å². The summed E-state index contributed by atoms with van der Waals surface area (Å²) in [7, 11) is 0. The highest BCUT2D eigenvalue weighted by atomic mass is 16.4. The fraction of sp³-hybridized carbons (Fsp3) is 0.429. The lowest BCUT2D eigenvalue weighted by Crippen LogP contribution is -2.38. The maximum Gasteiger partial charge on any atom is 0.335 e. The van der Waals surface area contributed by atoms with Crippen LogP contribution in [0.5, 0.6) is 0 Å². The molecule has 142 valence electrons. The number of likely N-dealkylation sites (tertiary alicyclic amines) is 1. The van der Waals surface area contributed by atoms with Crippen molar-refractivity contribution in [2.75, 3.05) is 13.1 Å². The van der Waals surface area contributed by atoms with Crippen LogP contribution in [0.2, 0.25) is 0 Å². The van der Waals surface area contributed by atoms with Crippen molar-refractivity contribution in [3.63, 3.8) is 0 Å². The van der Waals surface area contributed by atoms with E-state index >= 15 is 0 Å². The molecule has 1 unspecified atom stereocenters. The van der Waals surface area contributed by atoms with E-state index in [1.807, 2.05) is 25.7 Å². The van der Waals surface area contributed by atoms with Crippen LogP contribution in [0, 0.1) is 11.3 Å². The monoisotopic (exact) mass is 367 g/mol. The number of hydrogen-bond acceptors (Lipinski definition) is 4. The molecular formula is C21H25N3O3. The van der Waals surface area contributed by atoms with Gasteiger partial charge in [-0.1, -0.05) is 32.9 Å². The molecule has 1 fully saturated rings. The molecule has 0 aliphatic carbocycles. The lowest BCUT2D eigenvalue weighted by Gasteiger charge is -2.25. The summed E-state index contributed by atoms with van der Waals surface area (Å²) in [5.41, 5.74) is 2.39. The third kappa shape index (κ3) is 4.32. The molecule has 1 saturated heterocycles. The maximum absolute atomic E-state index is 12.5. The molecule has 0 saturated carbocycles. The van der Waals surface area contributed by atoms with Crippen LogP contribution in [-0.2, 0) is 11.2 Å². The number of aromatic nitrogens is 2. The van der Waals surface area contributed by atoms with Crippen LogP contribution in [-0.4, -0.2) is 44.9 Å². The predicted molar refractivity (Wildman–Crippen MR) is 102 cm³/mol. The van der Waals surface area contributed by atoms with Gasteiger partial charge in [0, 0.05) is 36.5 Å². The summed E-state index contributed by atoms with van der Waals surface area (Å²) in [6.45, 7) is 7.37. The van der Waals surface area contributed by atoms with Gasteiger partial charge in [0.2, 0.25) is 5.91 Å². The second kappa shape index (κ2) is 7.47. The Hall–Kier alpha value is -2.76. The predicted octanol–water partition coefficient (Wildman–Crippen LogP) is 3.28. The normalized spacial score (nSPS) is 17.1. The Labute approximate surface area is 159 Å². The van der Waals surface area contributed by atoms with Gasteiger partial charge in [-0.3, -0.25) is 14.8 Å². The zero-order valence-electron chi connectivity index (χ0n) is 16.0. The molecule has 27 heavy (non-hydrogen) atoms. The summed E-state index contributed by atoms with van der Waals surface area (Å²) in [5, 5.41) is 9.06. The number of rotatable bonds is 4. The fourth-order valence-corrected chi connectivity index (χ4v) is 3.46. The van der Waals surface area contributed by atoms with E-state index in [0.717, 1.165) is 42.9 Å². The van der Waals surface area contributed by atoms with Gasteiger partial charge in [-0.2, -0.15) is 0 Å². The fourth-order valence-electron chi connectivity index (χ4n) is 3.46. The Balaban J connectivity index is 1.75. The molecule has 3 rings (SSSR count). The van der Waals surface area contributed by atoms with Gasteiger partial charge in [0.1, 0.15) is 0 Å². The minimum absolute atomic E-state index is 0.189. The molecule has 2 heterocycles. The molecule has 1 aliphatic rings. The minimum atomic E-state index is -0.949. The molecule has 6 heteroatoms. The molecule has 1 aromatic carbocycles. The summed E-state index contributed by atoms with van der Waals surface area (Å²) in [5.74, 6) is -0.408. The van der Waals surface area contributed by atoms with Crippen molar-refractivity contribution in [3.8, 4) is 11.3 Å². The third-order valence-corrected chi connectivity index (χ3v) is 4.88. The van der Waals surface area contributed by atoms with Gasteiger partial charge in [-0.05, 0) is 30.9 Å². The minimum Gasteiger partial charge on any atom is -0.478 e. The van der Waals surface area contributed by atoms with E-state index in [1.165, 1.54) is 0 Å². The first-order valence-corrected chi connectivity index (χ1v) is 9.18. The van der Waals surface area contributed by atoms with E-state index < -0.39 is 5.97 Å². The van der Waals surface area contributed by atoms with Gasteiger partial charge in [0.25, 0.3) is 0 Å². The number of carbonyl (C=O) groups excluding carboxylic acids is 1. The molecule has 1 atom stereocenters. The maximum atomic E-state index is 12.5. The largest absolute Gasteiger partial charge is 0.478 e. The first-order chi connectivity index (χ1) is 12.8. The van der Waals surface area contributed by atoms with Crippen LogP contribution in [0.1, 0.15) is 43.2 Å². The van der Waals surface area contributed by atoms with Crippen LogP contribution < -0.4 is 0 Å². The van der Waals surface area contributed by atoms with Crippen molar-refractivity contribution >= 4 is 11.9 Å². The molecule has 1 amide bonds. The molecule has 0 bridgehead atoms. The van der Waals surface area contributed by atoms with E-state index in [0.29, 0.717) is 5.92 Å². The van der Waals surface area contributed by atoms with Gasteiger partial charge in [0.05, 0.1) is 17.0 Å². The molecule has 0 radical (unpaired) electrons. The summed E-state index contributed by atoms with van der Waals surface area (Å²) < 4.78 is 0. The van der Waals surface area contributed by atoms with Crippen molar-refractivity contribution in [2.45, 2.75) is 33.6 Å². The quantitative estimate of drug-likeness (QED) is 0.897. The van der Waals surface area contributed by atoms with E-state index in [-0.39, 0.29) is 16.9 Å². The van der Waals surface area contributed by atoms with Gasteiger partial charge >= 0.3 is 5.97 Å². The topological polar surface area (TPSA) is 83.4 Å². The zero-order valence-corrected chi connectivity index (χ0v) is 16.0. The van der Waals surface area contributed by atoms with E-state index in [1.54, 1.807) is 36.7 Å². The Kier molecular flexibility index (Phi) is 5.26. The Bertz CT molecular complexity index is 840. The molecule has 1 N–H and O–H groups in total. The lowest BCUT2D eigenvalue weighted by molar-refractivity contribution is -0.138. The highest BCUT2D eigenvalue weighted by molar-refractivity contribution is 5.88. The van der Waals surface area contributed by atoms with E-state index in [2.05, 4.69) is 9.97 Å². The molecule has 1 aromatic heterocycles. The summed E-state index contributed by atoms with van der Waals surface area (Å²) >= 11 is 0. The second-order valence-corrected chi connectivity index (χ2v) is 8.09. The third-order valence-electron chi connectivity index (χ3n) is 4.88. The molecule has 1 aliphatic heterocycles. The number of carboxylic acids is 1. The van der Waals surface area contributed by atoms with Gasteiger partial charge < -0.3 is 10.0 Å². The average Bonchev–Trinajstić information content (AvgIpc) is 3.09. The van der Waals surface area contributed by atoms with Gasteiger partial charge in [0.15, 0.2) is 0 Å². The van der Waals surface area contributed by atoms with Crippen LogP contribution >= 0.6 is 0 Å². The van der Waals surface area contributed by atoms with Gasteiger partial charge in [-0.25, -0.2) is 4.79 Å². The molecule has 2 aromatic rings. The highest BCUT2D eigenvalue weighted by Crippen LogP contribution is 2.28. The van der Waals surface area contributed by atoms with Crippen molar-refractivity contribution < 1.29 is 14.7 Å². The average molecular weight is 367 g/mol.